The SMILES string of the molecule is Cn1cc(/C=C2\NC(=O)N(Cc3ccc(Cl)cc3)C2=O)c2ccccc21. The van der Waals surface area contributed by atoms with E-state index in [-0.39, 0.29) is 18.1 Å². The lowest BCUT2D eigenvalue weighted by Gasteiger charge is -2.11. The summed E-state index contributed by atoms with van der Waals surface area (Å²) in [7, 11) is 1.95. The highest BCUT2D eigenvalue weighted by atomic mass is 35.5. The molecule has 0 spiro atoms. The molecule has 1 fully saturated rings. The van der Waals surface area contributed by atoms with Crippen LogP contribution in [0.1, 0.15) is 11.1 Å². The lowest BCUT2D eigenvalue weighted by Crippen LogP contribution is -2.30. The first-order valence-electron chi connectivity index (χ1n) is 8.16. The minimum Gasteiger partial charge on any atom is -0.350 e. The number of carbonyl (C=O) groups excluding carboxylic acids is 2. The summed E-state index contributed by atoms with van der Waals surface area (Å²) in [6.07, 6.45) is 3.67. The Kier molecular flexibility index (Phi) is 4.01. The van der Waals surface area contributed by atoms with Gasteiger partial charge in [-0.15, -0.1) is 0 Å². The molecule has 4 rings (SSSR count). The van der Waals surface area contributed by atoms with Gasteiger partial charge in [0.25, 0.3) is 5.91 Å². The zero-order chi connectivity index (χ0) is 18.3. The summed E-state index contributed by atoms with van der Waals surface area (Å²) in [6.45, 7) is 0.203. The molecule has 130 valence electrons. The first-order valence-corrected chi connectivity index (χ1v) is 8.54. The van der Waals surface area contributed by atoms with E-state index in [9.17, 15) is 9.59 Å². The van der Waals surface area contributed by atoms with Crippen LogP contribution in [-0.4, -0.2) is 21.4 Å². The van der Waals surface area contributed by atoms with E-state index in [1.807, 2.05) is 42.1 Å². The van der Waals surface area contributed by atoms with Gasteiger partial charge in [0, 0.05) is 34.7 Å². The number of nitrogens with zero attached hydrogens (tertiary/aromatic N) is 2. The molecule has 2 heterocycles. The fourth-order valence-electron chi connectivity index (χ4n) is 3.13. The van der Waals surface area contributed by atoms with Crippen LogP contribution in [0.4, 0.5) is 4.79 Å². The molecule has 26 heavy (non-hydrogen) atoms. The molecule has 5 nitrogen and oxygen atoms in total. The number of hydrogen-bond donors (Lipinski definition) is 1. The zero-order valence-electron chi connectivity index (χ0n) is 14.1. The second-order valence-electron chi connectivity index (χ2n) is 6.22. The normalized spacial score (nSPS) is 15.9. The van der Waals surface area contributed by atoms with E-state index in [4.69, 9.17) is 11.6 Å². The Hall–Kier alpha value is -3.05. The van der Waals surface area contributed by atoms with Crippen LogP contribution in [-0.2, 0) is 18.4 Å². The van der Waals surface area contributed by atoms with Crippen molar-refractivity contribution in [3.8, 4) is 0 Å². The Morgan fingerprint density at radius 2 is 1.81 bits per heavy atom. The summed E-state index contributed by atoms with van der Waals surface area (Å²) in [6, 6.07) is 14.6. The molecule has 0 unspecified atom stereocenters. The van der Waals surface area contributed by atoms with E-state index in [1.54, 1.807) is 30.3 Å². The number of hydrogen-bond acceptors (Lipinski definition) is 2. The molecule has 0 atom stereocenters. The van der Waals surface area contributed by atoms with Crippen molar-refractivity contribution in [1.82, 2.24) is 14.8 Å². The van der Waals surface area contributed by atoms with Crippen LogP contribution >= 0.6 is 11.6 Å². The smallest absolute Gasteiger partial charge is 0.329 e. The maximum absolute atomic E-state index is 12.7. The highest BCUT2D eigenvalue weighted by Gasteiger charge is 2.33. The van der Waals surface area contributed by atoms with Crippen LogP contribution in [0.25, 0.3) is 17.0 Å². The Labute approximate surface area is 155 Å². The Balaban J connectivity index is 1.64. The third kappa shape index (κ3) is 2.86. The van der Waals surface area contributed by atoms with Gasteiger partial charge in [-0.3, -0.25) is 9.69 Å². The van der Waals surface area contributed by atoms with Crippen LogP contribution < -0.4 is 5.32 Å². The van der Waals surface area contributed by atoms with Crippen LogP contribution in [0.3, 0.4) is 0 Å². The minimum atomic E-state index is -0.420. The van der Waals surface area contributed by atoms with Crippen molar-refractivity contribution < 1.29 is 9.59 Å². The molecule has 0 aliphatic carbocycles. The van der Waals surface area contributed by atoms with Gasteiger partial charge in [-0.2, -0.15) is 0 Å². The molecule has 1 aromatic heterocycles. The molecule has 3 aromatic rings. The number of urea groups is 1. The summed E-state index contributed by atoms with van der Waals surface area (Å²) < 4.78 is 1.99. The molecule has 2 aromatic carbocycles. The van der Waals surface area contributed by atoms with Gasteiger partial charge in [0.05, 0.1) is 6.54 Å². The first kappa shape index (κ1) is 16.4. The zero-order valence-corrected chi connectivity index (χ0v) is 14.8. The summed E-state index contributed by atoms with van der Waals surface area (Å²) in [4.78, 5) is 26.1. The number of fused-ring (bicyclic) bond motifs is 1. The highest BCUT2D eigenvalue weighted by molar-refractivity contribution is 6.30. The van der Waals surface area contributed by atoms with Crippen LogP contribution in [0.5, 0.6) is 0 Å². The van der Waals surface area contributed by atoms with Gasteiger partial charge in [-0.25, -0.2) is 4.79 Å². The molecule has 1 N–H and O–H groups in total. The fraction of sp³-hybridized carbons (Fsp3) is 0.100. The highest BCUT2D eigenvalue weighted by Crippen LogP contribution is 2.24. The van der Waals surface area contributed by atoms with Gasteiger partial charge in [-0.05, 0) is 29.8 Å². The standard InChI is InChI=1S/C20H16ClN3O2/c1-23-12-14(16-4-2-3-5-18(16)23)10-17-19(25)24(20(26)22-17)11-13-6-8-15(21)9-7-13/h2-10,12H,11H2,1H3,(H,22,26)/b17-10-. The second-order valence-corrected chi connectivity index (χ2v) is 6.65. The Bertz CT molecular complexity index is 1050. The van der Waals surface area contributed by atoms with Crippen molar-refractivity contribution in [2.75, 3.05) is 0 Å². The van der Waals surface area contributed by atoms with E-state index < -0.39 is 6.03 Å². The minimum absolute atomic E-state index is 0.203. The van der Waals surface area contributed by atoms with Crippen molar-refractivity contribution >= 4 is 40.5 Å². The van der Waals surface area contributed by atoms with Gasteiger partial charge in [0.15, 0.2) is 0 Å². The maximum atomic E-state index is 12.7. The fourth-order valence-corrected chi connectivity index (χ4v) is 3.26. The van der Waals surface area contributed by atoms with E-state index in [0.717, 1.165) is 22.0 Å². The predicted molar refractivity (Wildman–Crippen MR) is 101 cm³/mol. The van der Waals surface area contributed by atoms with Gasteiger partial charge < -0.3 is 9.88 Å². The number of halogens is 1. The number of nitrogens with one attached hydrogen (secondary N) is 1. The van der Waals surface area contributed by atoms with Gasteiger partial charge in [-0.1, -0.05) is 41.9 Å². The molecule has 0 radical (unpaired) electrons. The molecular weight excluding hydrogens is 350 g/mol. The quantitative estimate of drug-likeness (QED) is 0.565. The van der Waals surface area contributed by atoms with Crippen molar-refractivity contribution in [2.45, 2.75) is 6.54 Å². The second kappa shape index (κ2) is 6.35. The molecule has 0 saturated carbocycles. The molecule has 1 aliphatic heterocycles. The summed E-state index contributed by atoms with van der Waals surface area (Å²) in [5, 5.41) is 4.31. The lowest BCUT2D eigenvalue weighted by molar-refractivity contribution is -0.123. The average Bonchev–Trinajstić information content (AvgIpc) is 3.09. The molecule has 3 amide bonds. The van der Waals surface area contributed by atoms with Crippen LogP contribution in [0.15, 0.2) is 60.4 Å². The van der Waals surface area contributed by atoms with E-state index in [2.05, 4.69) is 5.32 Å². The number of rotatable bonds is 3. The monoisotopic (exact) mass is 365 g/mol. The van der Waals surface area contributed by atoms with Crippen molar-refractivity contribution in [1.29, 1.82) is 0 Å². The summed E-state index contributed by atoms with van der Waals surface area (Å²) >= 11 is 5.88. The molecule has 1 saturated heterocycles. The molecule has 1 aliphatic rings. The van der Waals surface area contributed by atoms with E-state index in [1.165, 1.54) is 4.90 Å². The number of aromatic nitrogens is 1. The summed E-state index contributed by atoms with van der Waals surface area (Å²) in [5.74, 6) is -0.335. The summed E-state index contributed by atoms with van der Waals surface area (Å²) in [5.41, 5.74) is 3.07. The number of benzene rings is 2. The number of aryl methyl sites for hydroxylation is 1. The Morgan fingerprint density at radius 3 is 2.58 bits per heavy atom. The average molecular weight is 366 g/mol. The van der Waals surface area contributed by atoms with Crippen molar-refractivity contribution in [3.05, 3.63) is 76.6 Å². The molecule has 6 heteroatoms. The Morgan fingerprint density at radius 1 is 1.08 bits per heavy atom. The molecular formula is C20H16ClN3O2. The number of amides is 3. The molecule has 0 bridgehead atoms. The van der Waals surface area contributed by atoms with Crippen LogP contribution in [0.2, 0.25) is 5.02 Å². The van der Waals surface area contributed by atoms with Gasteiger partial charge in [0.2, 0.25) is 0 Å². The first-order chi connectivity index (χ1) is 12.5. The van der Waals surface area contributed by atoms with Crippen LogP contribution in [0, 0.1) is 0 Å². The topological polar surface area (TPSA) is 54.3 Å². The third-order valence-corrected chi connectivity index (χ3v) is 4.70. The lowest BCUT2D eigenvalue weighted by atomic mass is 10.1. The van der Waals surface area contributed by atoms with E-state index in [0.29, 0.717) is 5.02 Å². The van der Waals surface area contributed by atoms with Crippen molar-refractivity contribution in [3.63, 3.8) is 0 Å². The van der Waals surface area contributed by atoms with Crippen molar-refractivity contribution in [2.24, 2.45) is 7.05 Å². The largest absolute Gasteiger partial charge is 0.350 e. The van der Waals surface area contributed by atoms with Gasteiger partial charge >= 0.3 is 6.03 Å². The van der Waals surface area contributed by atoms with E-state index >= 15 is 0 Å². The number of carbonyl (C=O) groups is 2. The predicted octanol–water partition coefficient (Wildman–Crippen LogP) is 3.92. The number of imide groups is 1. The van der Waals surface area contributed by atoms with Gasteiger partial charge in [0.1, 0.15) is 5.70 Å². The maximum Gasteiger partial charge on any atom is 0.329 e. The number of para-hydroxylation sites is 1. The third-order valence-electron chi connectivity index (χ3n) is 4.44.